The Bertz CT molecular complexity index is 1130. The number of nitrogens with zero attached hydrogens (tertiary/aromatic N) is 3. The molecule has 6 nitrogen and oxygen atoms in total. The Morgan fingerprint density at radius 3 is 2.50 bits per heavy atom. The van der Waals surface area contributed by atoms with Gasteiger partial charge in [-0.25, -0.2) is 4.98 Å². The Morgan fingerprint density at radius 2 is 1.77 bits per heavy atom. The molecule has 2 aromatic carbocycles. The van der Waals surface area contributed by atoms with Crippen molar-refractivity contribution >= 4 is 28.6 Å². The van der Waals surface area contributed by atoms with Gasteiger partial charge in [0.05, 0.1) is 34.6 Å². The lowest BCUT2D eigenvalue weighted by atomic mass is 10.2. The van der Waals surface area contributed by atoms with E-state index in [1.54, 1.807) is 10.6 Å². The van der Waals surface area contributed by atoms with Gasteiger partial charge < -0.3 is 9.64 Å². The number of aryl methyl sites for hydroxylation is 1. The van der Waals surface area contributed by atoms with Crippen LogP contribution in [0, 0.1) is 6.92 Å². The van der Waals surface area contributed by atoms with E-state index in [-0.39, 0.29) is 29.4 Å². The minimum absolute atomic E-state index is 0.0200. The molecule has 2 atom stereocenters. The van der Waals surface area contributed by atoms with Crippen molar-refractivity contribution in [1.29, 1.82) is 0 Å². The van der Waals surface area contributed by atoms with Crippen molar-refractivity contribution in [2.45, 2.75) is 38.1 Å². The molecule has 30 heavy (non-hydrogen) atoms. The van der Waals surface area contributed by atoms with E-state index in [0.717, 1.165) is 11.3 Å². The van der Waals surface area contributed by atoms with Crippen molar-refractivity contribution in [3.8, 4) is 5.69 Å². The molecule has 1 aliphatic heterocycles. The van der Waals surface area contributed by atoms with Crippen LogP contribution in [0.2, 0.25) is 0 Å². The molecule has 4 rings (SSSR count). The van der Waals surface area contributed by atoms with Crippen molar-refractivity contribution in [2.75, 3.05) is 18.8 Å². The Kier molecular flexibility index (Phi) is 5.92. The number of hydrogen-bond donors (Lipinski definition) is 0. The Balaban J connectivity index is 1.69. The molecular formula is C23H25N3O3S. The number of benzene rings is 2. The fourth-order valence-corrected chi connectivity index (χ4v) is 4.74. The first-order chi connectivity index (χ1) is 14.4. The monoisotopic (exact) mass is 423 g/mol. The van der Waals surface area contributed by atoms with Crippen molar-refractivity contribution in [3.63, 3.8) is 0 Å². The van der Waals surface area contributed by atoms with Gasteiger partial charge in [-0.2, -0.15) is 0 Å². The SMILES string of the molecule is Cc1ccccc1-n1c(SCC(=O)N2CC(C)OC(C)C2)nc2ccccc2c1=O. The van der Waals surface area contributed by atoms with E-state index in [0.29, 0.717) is 29.1 Å². The van der Waals surface area contributed by atoms with Gasteiger partial charge >= 0.3 is 0 Å². The van der Waals surface area contributed by atoms with Crippen LogP contribution >= 0.6 is 11.8 Å². The topological polar surface area (TPSA) is 64.4 Å². The lowest BCUT2D eigenvalue weighted by Crippen LogP contribution is -2.48. The summed E-state index contributed by atoms with van der Waals surface area (Å²) in [5.41, 5.74) is 2.26. The van der Waals surface area contributed by atoms with Gasteiger partial charge in [-0.05, 0) is 44.5 Å². The smallest absolute Gasteiger partial charge is 0.266 e. The summed E-state index contributed by atoms with van der Waals surface area (Å²) in [5, 5.41) is 1.09. The lowest BCUT2D eigenvalue weighted by Gasteiger charge is -2.35. The van der Waals surface area contributed by atoms with Crippen LogP contribution < -0.4 is 5.56 Å². The number of amides is 1. The van der Waals surface area contributed by atoms with Gasteiger partial charge in [-0.3, -0.25) is 14.2 Å². The van der Waals surface area contributed by atoms with E-state index < -0.39 is 0 Å². The number of aromatic nitrogens is 2. The second-order valence-corrected chi connectivity index (χ2v) is 8.63. The maximum Gasteiger partial charge on any atom is 0.266 e. The highest BCUT2D eigenvalue weighted by Crippen LogP contribution is 2.24. The summed E-state index contributed by atoms with van der Waals surface area (Å²) in [4.78, 5) is 32.8. The first kappa shape index (κ1) is 20.6. The third-order valence-electron chi connectivity index (χ3n) is 5.20. The summed E-state index contributed by atoms with van der Waals surface area (Å²) in [7, 11) is 0. The summed E-state index contributed by atoms with van der Waals surface area (Å²) in [6.45, 7) is 7.08. The van der Waals surface area contributed by atoms with E-state index in [9.17, 15) is 9.59 Å². The lowest BCUT2D eigenvalue weighted by molar-refractivity contribution is -0.140. The van der Waals surface area contributed by atoms with E-state index in [1.165, 1.54) is 11.8 Å². The van der Waals surface area contributed by atoms with Gasteiger partial charge in [0.1, 0.15) is 0 Å². The van der Waals surface area contributed by atoms with Crippen molar-refractivity contribution in [3.05, 3.63) is 64.4 Å². The number of carbonyl (C=O) groups excluding carboxylic acids is 1. The predicted molar refractivity (Wildman–Crippen MR) is 119 cm³/mol. The molecule has 0 saturated carbocycles. The molecule has 0 spiro atoms. The summed E-state index contributed by atoms with van der Waals surface area (Å²) < 4.78 is 7.35. The van der Waals surface area contributed by atoms with Crippen LogP contribution in [0.4, 0.5) is 0 Å². The Labute approximate surface area is 179 Å². The van der Waals surface area contributed by atoms with Gasteiger partial charge in [-0.15, -0.1) is 0 Å². The summed E-state index contributed by atoms with van der Waals surface area (Å²) in [5.74, 6) is 0.247. The van der Waals surface area contributed by atoms with Crippen molar-refractivity contribution in [1.82, 2.24) is 14.5 Å². The molecule has 1 saturated heterocycles. The van der Waals surface area contributed by atoms with Crippen LogP contribution in [-0.4, -0.2) is 51.4 Å². The van der Waals surface area contributed by atoms with Gasteiger partial charge in [0, 0.05) is 13.1 Å². The molecule has 2 heterocycles. The molecule has 2 unspecified atom stereocenters. The molecular weight excluding hydrogens is 398 g/mol. The number of para-hydroxylation sites is 2. The van der Waals surface area contributed by atoms with Gasteiger partial charge in [0.2, 0.25) is 5.91 Å². The van der Waals surface area contributed by atoms with Gasteiger partial charge in [0.15, 0.2) is 5.16 Å². The number of ether oxygens (including phenoxy) is 1. The highest BCUT2D eigenvalue weighted by atomic mass is 32.2. The minimum atomic E-state index is -0.126. The summed E-state index contributed by atoms with van der Waals surface area (Å²) in [6.07, 6.45) is 0.0401. The first-order valence-electron chi connectivity index (χ1n) is 10.1. The average molecular weight is 424 g/mol. The van der Waals surface area contributed by atoms with Crippen LogP contribution in [0.3, 0.4) is 0 Å². The maximum atomic E-state index is 13.3. The molecule has 0 N–H and O–H groups in total. The molecule has 1 aromatic heterocycles. The third kappa shape index (κ3) is 4.13. The maximum absolute atomic E-state index is 13.3. The summed E-state index contributed by atoms with van der Waals surface area (Å²) in [6, 6.07) is 15.0. The molecule has 1 fully saturated rings. The first-order valence-corrected chi connectivity index (χ1v) is 11.1. The summed E-state index contributed by atoms with van der Waals surface area (Å²) >= 11 is 1.30. The number of fused-ring (bicyclic) bond motifs is 1. The molecule has 0 radical (unpaired) electrons. The standard InChI is InChI=1S/C23H25N3O3S/c1-15-8-4-7-11-20(15)26-22(28)18-9-5-6-10-19(18)24-23(26)30-14-21(27)25-12-16(2)29-17(3)13-25/h4-11,16-17H,12-14H2,1-3H3. The number of morpholine rings is 1. The Morgan fingerprint density at radius 1 is 1.10 bits per heavy atom. The predicted octanol–water partition coefficient (Wildman–Crippen LogP) is 3.42. The van der Waals surface area contributed by atoms with Gasteiger partial charge in [0.25, 0.3) is 5.56 Å². The normalized spacial score (nSPS) is 19.2. The second kappa shape index (κ2) is 8.62. The molecule has 7 heteroatoms. The van der Waals surface area contributed by atoms with Crippen LogP contribution in [-0.2, 0) is 9.53 Å². The van der Waals surface area contributed by atoms with E-state index >= 15 is 0 Å². The number of hydrogen-bond acceptors (Lipinski definition) is 5. The average Bonchev–Trinajstić information content (AvgIpc) is 2.72. The van der Waals surface area contributed by atoms with E-state index in [1.807, 2.05) is 68.1 Å². The van der Waals surface area contributed by atoms with Crippen LogP contribution in [0.1, 0.15) is 19.4 Å². The van der Waals surface area contributed by atoms with Crippen LogP contribution in [0.25, 0.3) is 16.6 Å². The minimum Gasteiger partial charge on any atom is -0.372 e. The zero-order valence-corrected chi connectivity index (χ0v) is 18.2. The zero-order chi connectivity index (χ0) is 21.3. The van der Waals surface area contributed by atoms with Gasteiger partial charge in [-0.1, -0.05) is 42.1 Å². The van der Waals surface area contributed by atoms with Crippen molar-refractivity contribution < 1.29 is 9.53 Å². The quantitative estimate of drug-likeness (QED) is 0.475. The largest absolute Gasteiger partial charge is 0.372 e. The van der Waals surface area contributed by atoms with Crippen LogP contribution in [0.15, 0.2) is 58.5 Å². The van der Waals surface area contributed by atoms with Crippen molar-refractivity contribution in [2.24, 2.45) is 0 Å². The molecule has 0 aliphatic carbocycles. The molecule has 1 amide bonds. The molecule has 1 aliphatic rings. The molecule has 3 aromatic rings. The highest BCUT2D eigenvalue weighted by Gasteiger charge is 2.26. The molecule has 0 bridgehead atoms. The fourth-order valence-electron chi connectivity index (χ4n) is 3.84. The Hall–Kier alpha value is -2.64. The molecule has 156 valence electrons. The number of carbonyl (C=O) groups is 1. The number of rotatable bonds is 4. The van der Waals surface area contributed by atoms with E-state index in [2.05, 4.69) is 0 Å². The second-order valence-electron chi connectivity index (χ2n) is 7.68. The van der Waals surface area contributed by atoms with E-state index in [4.69, 9.17) is 9.72 Å². The fraction of sp³-hybridized carbons (Fsp3) is 0.348. The zero-order valence-electron chi connectivity index (χ0n) is 17.4. The third-order valence-corrected chi connectivity index (χ3v) is 6.12. The highest BCUT2D eigenvalue weighted by molar-refractivity contribution is 7.99. The van der Waals surface area contributed by atoms with Crippen LogP contribution in [0.5, 0.6) is 0 Å². The number of thioether (sulfide) groups is 1.